The lowest BCUT2D eigenvalue weighted by atomic mass is 10.0. The molecule has 200 valence electrons. The Balaban J connectivity index is 5.62. The molecule has 0 aromatic rings. The third kappa shape index (κ3) is 13.2. The molecular formula is C21H39N7O7. The molecule has 0 saturated carbocycles. The quantitative estimate of drug-likeness (QED) is 0.0661. The first-order valence-electron chi connectivity index (χ1n) is 11.3. The van der Waals surface area contributed by atoms with E-state index in [0.29, 0.717) is 6.42 Å². The van der Waals surface area contributed by atoms with Crippen molar-refractivity contribution in [2.45, 2.75) is 77.5 Å². The van der Waals surface area contributed by atoms with Gasteiger partial charge in [-0.15, -0.1) is 0 Å². The van der Waals surface area contributed by atoms with Gasteiger partial charge in [0, 0.05) is 6.54 Å². The Hall–Kier alpha value is -3.42. The number of amides is 3. The molecule has 0 radical (unpaired) electrons. The van der Waals surface area contributed by atoms with E-state index in [1.165, 1.54) is 0 Å². The van der Waals surface area contributed by atoms with Crippen LogP contribution in [-0.4, -0.2) is 76.5 Å². The summed E-state index contributed by atoms with van der Waals surface area (Å²) in [6.45, 7) is 7.04. The van der Waals surface area contributed by atoms with Gasteiger partial charge in [-0.05, 0) is 31.1 Å². The molecular weight excluding hydrogens is 462 g/mol. The van der Waals surface area contributed by atoms with Gasteiger partial charge in [0.2, 0.25) is 17.7 Å². The van der Waals surface area contributed by atoms with E-state index >= 15 is 0 Å². The summed E-state index contributed by atoms with van der Waals surface area (Å²) < 4.78 is 0. The maximum Gasteiger partial charge on any atom is 0.326 e. The third-order valence-corrected chi connectivity index (χ3v) is 4.88. The molecule has 4 unspecified atom stereocenters. The molecule has 0 bridgehead atoms. The highest BCUT2D eigenvalue weighted by molar-refractivity contribution is 5.95. The van der Waals surface area contributed by atoms with Crippen molar-refractivity contribution in [2.75, 3.05) is 6.54 Å². The summed E-state index contributed by atoms with van der Waals surface area (Å²) in [7, 11) is 0. The predicted molar refractivity (Wildman–Crippen MR) is 128 cm³/mol. The highest BCUT2D eigenvalue weighted by Gasteiger charge is 2.32. The molecule has 11 N–H and O–H groups in total. The second-order valence-electron chi connectivity index (χ2n) is 8.97. The molecule has 0 spiro atoms. The minimum Gasteiger partial charge on any atom is -0.481 e. The van der Waals surface area contributed by atoms with Crippen LogP contribution < -0.4 is 33.2 Å². The van der Waals surface area contributed by atoms with Crippen molar-refractivity contribution in [2.24, 2.45) is 34.0 Å². The standard InChI is InChI=1S/C21H39N7O7/c1-10(2)8-12(22)17(31)26-13(6-5-7-25-21(23)24)18(32)27-14(9-15(29)30)19(33)28-16(11(3)4)20(34)35/h10-14,16H,5-9,22H2,1-4H3,(H,26,31)(H,27,32)(H,28,33)(H,29,30)(H,34,35)(H4,23,24,25). The average Bonchev–Trinajstić information content (AvgIpc) is 2.71. The topological polar surface area (TPSA) is 252 Å². The van der Waals surface area contributed by atoms with Crippen molar-refractivity contribution >= 4 is 35.6 Å². The molecule has 0 heterocycles. The summed E-state index contributed by atoms with van der Waals surface area (Å²) >= 11 is 0. The molecule has 0 rings (SSSR count). The number of carboxylic acid groups (broad SMARTS) is 2. The monoisotopic (exact) mass is 501 g/mol. The van der Waals surface area contributed by atoms with Gasteiger partial charge in [0.25, 0.3) is 0 Å². The van der Waals surface area contributed by atoms with Gasteiger partial charge >= 0.3 is 11.9 Å². The van der Waals surface area contributed by atoms with Crippen LogP contribution >= 0.6 is 0 Å². The minimum absolute atomic E-state index is 0.0634. The third-order valence-electron chi connectivity index (χ3n) is 4.88. The van der Waals surface area contributed by atoms with Crippen molar-refractivity contribution in [3.8, 4) is 0 Å². The van der Waals surface area contributed by atoms with Crippen LogP contribution in [0.4, 0.5) is 0 Å². The minimum atomic E-state index is -1.58. The van der Waals surface area contributed by atoms with Crippen LogP contribution in [0.1, 0.15) is 53.4 Å². The van der Waals surface area contributed by atoms with Crippen molar-refractivity contribution in [1.82, 2.24) is 16.0 Å². The van der Waals surface area contributed by atoms with E-state index in [0.717, 1.165) is 0 Å². The van der Waals surface area contributed by atoms with Crippen molar-refractivity contribution < 1.29 is 34.2 Å². The van der Waals surface area contributed by atoms with Gasteiger partial charge in [-0.1, -0.05) is 27.7 Å². The number of guanidine groups is 1. The summed E-state index contributed by atoms with van der Waals surface area (Å²) in [5, 5.41) is 25.6. The maximum atomic E-state index is 13.0. The number of hydrogen-bond acceptors (Lipinski definition) is 7. The molecule has 0 saturated heterocycles. The van der Waals surface area contributed by atoms with E-state index in [1.807, 2.05) is 13.8 Å². The fourth-order valence-electron chi connectivity index (χ4n) is 3.09. The van der Waals surface area contributed by atoms with Gasteiger partial charge in [-0.2, -0.15) is 0 Å². The van der Waals surface area contributed by atoms with Crippen LogP contribution in [-0.2, 0) is 24.0 Å². The molecule has 14 nitrogen and oxygen atoms in total. The molecule has 0 aliphatic carbocycles. The zero-order valence-electron chi connectivity index (χ0n) is 20.6. The Morgan fingerprint density at radius 2 is 1.40 bits per heavy atom. The number of nitrogens with one attached hydrogen (secondary N) is 3. The lowest BCUT2D eigenvalue weighted by Crippen LogP contribution is -2.58. The van der Waals surface area contributed by atoms with E-state index in [-0.39, 0.29) is 31.3 Å². The van der Waals surface area contributed by atoms with Crippen molar-refractivity contribution in [1.29, 1.82) is 0 Å². The van der Waals surface area contributed by atoms with Gasteiger partial charge in [0.1, 0.15) is 18.1 Å². The SMILES string of the molecule is CC(C)CC(N)C(=O)NC(CCCN=C(N)N)C(=O)NC(CC(=O)O)C(=O)NC(C(=O)O)C(C)C. The average molecular weight is 502 g/mol. The van der Waals surface area contributed by atoms with Gasteiger partial charge in [0.15, 0.2) is 5.96 Å². The first kappa shape index (κ1) is 31.6. The van der Waals surface area contributed by atoms with Crippen LogP contribution in [0.3, 0.4) is 0 Å². The molecule has 0 aliphatic heterocycles. The number of nitrogens with zero attached hydrogens (tertiary/aromatic N) is 1. The lowest BCUT2D eigenvalue weighted by Gasteiger charge is -2.25. The molecule has 0 fully saturated rings. The van der Waals surface area contributed by atoms with Crippen LogP contribution in [0, 0.1) is 11.8 Å². The zero-order chi connectivity index (χ0) is 27.3. The van der Waals surface area contributed by atoms with E-state index in [9.17, 15) is 34.2 Å². The number of nitrogens with two attached hydrogens (primary N) is 3. The number of carboxylic acids is 2. The molecule has 4 atom stereocenters. The van der Waals surface area contributed by atoms with Gasteiger partial charge in [-0.3, -0.25) is 24.2 Å². The first-order chi connectivity index (χ1) is 16.1. The summed E-state index contributed by atoms with van der Waals surface area (Å²) in [6.07, 6.45) is -0.0959. The maximum absolute atomic E-state index is 13.0. The summed E-state index contributed by atoms with van der Waals surface area (Å²) in [5.41, 5.74) is 16.5. The number of carbonyl (C=O) groups is 5. The molecule has 0 aliphatic rings. The summed E-state index contributed by atoms with van der Waals surface area (Å²) in [6, 6.07) is -4.93. The zero-order valence-corrected chi connectivity index (χ0v) is 20.6. The Morgan fingerprint density at radius 1 is 0.857 bits per heavy atom. The molecule has 0 aromatic heterocycles. The fraction of sp³-hybridized carbons (Fsp3) is 0.714. The predicted octanol–water partition coefficient (Wildman–Crippen LogP) is -1.92. The van der Waals surface area contributed by atoms with Crippen LogP contribution in [0.5, 0.6) is 0 Å². The number of hydrogen-bond donors (Lipinski definition) is 8. The van der Waals surface area contributed by atoms with Gasteiger partial charge in [-0.25, -0.2) is 4.79 Å². The molecule has 35 heavy (non-hydrogen) atoms. The van der Waals surface area contributed by atoms with Crippen molar-refractivity contribution in [3.05, 3.63) is 0 Å². The molecule has 3 amide bonds. The lowest BCUT2D eigenvalue weighted by molar-refractivity contribution is -0.144. The Kier molecular flexibility index (Phi) is 14.0. The first-order valence-corrected chi connectivity index (χ1v) is 11.3. The normalized spacial score (nSPS) is 14.4. The molecule has 14 heteroatoms. The Labute approximate surface area is 204 Å². The van der Waals surface area contributed by atoms with Crippen LogP contribution in [0.25, 0.3) is 0 Å². The number of aliphatic carboxylic acids is 2. The number of aliphatic imine (C=N–C) groups is 1. The Morgan fingerprint density at radius 3 is 1.86 bits per heavy atom. The second kappa shape index (κ2) is 15.5. The van der Waals surface area contributed by atoms with Crippen LogP contribution in [0.2, 0.25) is 0 Å². The summed E-state index contributed by atoms with van der Waals surface area (Å²) in [4.78, 5) is 64.6. The van der Waals surface area contributed by atoms with Gasteiger partial charge in [0.05, 0.1) is 12.5 Å². The smallest absolute Gasteiger partial charge is 0.326 e. The molecule has 0 aromatic carbocycles. The largest absolute Gasteiger partial charge is 0.481 e. The van der Waals surface area contributed by atoms with E-state index in [2.05, 4.69) is 20.9 Å². The van der Waals surface area contributed by atoms with E-state index < -0.39 is 66.2 Å². The fourth-order valence-corrected chi connectivity index (χ4v) is 3.09. The van der Waals surface area contributed by atoms with E-state index in [4.69, 9.17) is 17.2 Å². The number of carbonyl (C=O) groups excluding carboxylic acids is 3. The Bertz CT molecular complexity index is 782. The van der Waals surface area contributed by atoms with Crippen molar-refractivity contribution in [3.63, 3.8) is 0 Å². The van der Waals surface area contributed by atoms with E-state index in [1.54, 1.807) is 13.8 Å². The number of rotatable bonds is 16. The second-order valence-corrected chi connectivity index (χ2v) is 8.97. The highest BCUT2D eigenvalue weighted by Crippen LogP contribution is 2.07. The summed E-state index contributed by atoms with van der Waals surface area (Å²) in [5.74, 6) is -5.64. The highest BCUT2D eigenvalue weighted by atomic mass is 16.4. The van der Waals surface area contributed by atoms with Gasteiger partial charge < -0.3 is 43.4 Å². The van der Waals surface area contributed by atoms with Crippen LogP contribution in [0.15, 0.2) is 4.99 Å².